The van der Waals surface area contributed by atoms with Crippen molar-refractivity contribution in [3.05, 3.63) is 63.1 Å². The van der Waals surface area contributed by atoms with E-state index in [0.29, 0.717) is 35.4 Å². The van der Waals surface area contributed by atoms with Crippen LogP contribution in [0.2, 0.25) is 5.02 Å². The fourth-order valence-corrected chi connectivity index (χ4v) is 6.94. The standard InChI is InChI=1S/C29H34ClN5O4S/c1-16-6-5-7-18(12-16)22(15-36)33-26(37)17(2)35-27(38)20-13-23(40-25(20)29(35,3)4)24-21(30)14-31-28(34-24)32-19-8-10-39-11-9-19/h5-7,12-14,17,19,22,36H,8-11,15H2,1-4H3,(H,33,37)(H,31,32,34). The van der Waals surface area contributed by atoms with Crippen molar-refractivity contribution in [1.82, 2.24) is 20.2 Å². The van der Waals surface area contributed by atoms with E-state index in [1.165, 1.54) is 11.3 Å². The lowest BCUT2D eigenvalue weighted by Crippen LogP contribution is -2.52. The molecular weight excluding hydrogens is 550 g/mol. The minimum Gasteiger partial charge on any atom is -0.394 e. The number of carbonyl (C=O) groups excluding carboxylic acids is 2. The van der Waals surface area contributed by atoms with Gasteiger partial charge in [0, 0.05) is 24.1 Å². The molecule has 2 aromatic heterocycles. The number of halogens is 1. The quantitative estimate of drug-likeness (QED) is 0.352. The fourth-order valence-electron chi connectivity index (χ4n) is 5.44. The number of rotatable bonds is 8. The molecule has 1 aromatic carbocycles. The number of anilines is 1. The topological polar surface area (TPSA) is 117 Å². The Bertz CT molecular complexity index is 1420. The maximum Gasteiger partial charge on any atom is 0.256 e. The van der Waals surface area contributed by atoms with Gasteiger partial charge in [-0.1, -0.05) is 41.4 Å². The first-order chi connectivity index (χ1) is 19.1. The van der Waals surface area contributed by atoms with Gasteiger partial charge in [0.05, 0.1) is 39.8 Å². The summed E-state index contributed by atoms with van der Waals surface area (Å²) in [4.78, 5) is 39.3. The lowest BCUT2D eigenvalue weighted by Gasteiger charge is -2.37. The molecule has 2 aliphatic heterocycles. The number of aromatic nitrogens is 2. The first-order valence-corrected chi connectivity index (χ1v) is 14.6. The van der Waals surface area contributed by atoms with Gasteiger partial charge < -0.3 is 25.4 Å². The molecule has 4 heterocycles. The summed E-state index contributed by atoms with van der Waals surface area (Å²) in [5.74, 6) is -0.0727. The molecule has 0 saturated carbocycles. The predicted molar refractivity (Wildman–Crippen MR) is 156 cm³/mol. The summed E-state index contributed by atoms with van der Waals surface area (Å²) >= 11 is 7.96. The number of aliphatic hydroxyl groups excluding tert-OH is 1. The molecule has 212 valence electrons. The van der Waals surface area contributed by atoms with E-state index >= 15 is 0 Å². The number of thiophene rings is 1. The third-order valence-corrected chi connectivity index (χ3v) is 9.31. The summed E-state index contributed by atoms with van der Waals surface area (Å²) in [7, 11) is 0. The molecule has 0 bridgehead atoms. The number of hydrogen-bond acceptors (Lipinski definition) is 8. The largest absolute Gasteiger partial charge is 0.394 e. The maximum atomic E-state index is 13.7. The average molecular weight is 584 g/mol. The van der Waals surface area contributed by atoms with E-state index in [9.17, 15) is 14.7 Å². The van der Waals surface area contributed by atoms with Gasteiger partial charge in [-0.15, -0.1) is 11.3 Å². The van der Waals surface area contributed by atoms with Crippen molar-refractivity contribution < 1.29 is 19.4 Å². The van der Waals surface area contributed by atoms with E-state index in [1.54, 1.807) is 18.0 Å². The van der Waals surface area contributed by atoms with Gasteiger partial charge >= 0.3 is 0 Å². The van der Waals surface area contributed by atoms with Gasteiger partial charge in [0.25, 0.3) is 5.91 Å². The van der Waals surface area contributed by atoms with Crippen LogP contribution in [0.4, 0.5) is 5.95 Å². The maximum absolute atomic E-state index is 13.7. The van der Waals surface area contributed by atoms with Gasteiger partial charge in [-0.3, -0.25) is 9.59 Å². The smallest absolute Gasteiger partial charge is 0.256 e. The monoisotopic (exact) mass is 583 g/mol. The van der Waals surface area contributed by atoms with Crippen molar-refractivity contribution in [1.29, 1.82) is 0 Å². The van der Waals surface area contributed by atoms with Crippen LogP contribution in [0.15, 0.2) is 36.5 Å². The molecule has 0 radical (unpaired) electrons. The van der Waals surface area contributed by atoms with Gasteiger partial charge in [0.1, 0.15) is 11.7 Å². The third-order valence-electron chi connectivity index (χ3n) is 7.58. The first-order valence-electron chi connectivity index (χ1n) is 13.4. The highest BCUT2D eigenvalue weighted by Crippen LogP contribution is 2.47. The number of aliphatic hydroxyl groups is 1. The highest BCUT2D eigenvalue weighted by atomic mass is 35.5. The molecule has 3 N–H and O–H groups in total. The first kappa shape index (κ1) is 28.5. The summed E-state index contributed by atoms with van der Waals surface area (Å²) < 4.78 is 5.43. The van der Waals surface area contributed by atoms with Gasteiger partial charge in [-0.05, 0) is 52.2 Å². The molecule has 11 heteroatoms. The number of benzene rings is 1. The van der Waals surface area contributed by atoms with E-state index in [0.717, 1.165) is 33.7 Å². The van der Waals surface area contributed by atoms with Crippen molar-refractivity contribution in [3.63, 3.8) is 0 Å². The zero-order valence-corrected chi connectivity index (χ0v) is 24.6. The molecule has 2 aliphatic rings. The molecule has 9 nitrogen and oxygen atoms in total. The summed E-state index contributed by atoms with van der Waals surface area (Å²) in [6.07, 6.45) is 3.33. The highest BCUT2D eigenvalue weighted by molar-refractivity contribution is 7.16. The molecular formula is C29H34ClN5O4S. The SMILES string of the molecule is Cc1cccc(C(CO)NC(=O)C(C)N2C(=O)c3cc(-c4nc(NC5CCOCC5)ncc4Cl)sc3C2(C)C)c1. The highest BCUT2D eigenvalue weighted by Gasteiger charge is 2.49. The second-order valence-corrected chi connectivity index (χ2v) is 12.3. The Labute approximate surface area is 242 Å². The Morgan fingerprint density at radius 3 is 2.73 bits per heavy atom. The lowest BCUT2D eigenvalue weighted by atomic mass is 10.0. The summed E-state index contributed by atoms with van der Waals surface area (Å²) in [6.45, 7) is 8.69. The number of hydrogen-bond donors (Lipinski definition) is 3. The van der Waals surface area contributed by atoms with Crippen LogP contribution in [0.25, 0.3) is 10.6 Å². The molecule has 1 fully saturated rings. The molecule has 0 spiro atoms. The minimum absolute atomic E-state index is 0.230. The van der Waals surface area contributed by atoms with Crippen molar-refractivity contribution in [2.75, 3.05) is 25.1 Å². The van der Waals surface area contributed by atoms with E-state index in [4.69, 9.17) is 16.3 Å². The molecule has 3 aromatic rings. The van der Waals surface area contributed by atoms with Crippen LogP contribution in [0, 0.1) is 6.92 Å². The number of fused-ring (bicyclic) bond motifs is 1. The van der Waals surface area contributed by atoms with Crippen LogP contribution in [0.3, 0.4) is 0 Å². The van der Waals surface area contributed by atoms with Crippen molar-refractivity contribution in [2.24, 2.45) is 0 Å². The van der Waals surface area contributed by atoms with Gasteiger partial charge in [-0.2, -0.15) is 0 Å². The normalized spacial score (nSPS) is 18.4. The Morgan fingerprint density at radius 2 is 2.05 bits per heavy atom. The summed E-state index contributed by atoms with van der Waals surface area (Å²) in [6, 6.07) is 8.35. The van der Waals surface area contributed by atoms with E-state index in [2.05, 4.69) is 20.6 Å². The van der Waals surface area contributed by atoms with Crippen LogP contribution in [0.5, 0.6) is 0 Å². The molecule has 1 saturated heterocycles. The average Bonchev–Trinajstić information content (AvgIpc) is 3.46. The van der Waals surface area contributed by atoms with Crippen LogP contribution in [-0.4, -0.2) is 63.7 Å². The van der Waals surface area contributed by atoms with E-state index in [1.807, 2.05) is 51.1 Å². The van der Waals surface area contributed by atoms with Crippen LogP contribution >= 0.6 is 22.9 Å². The number of ether oxygens (including phenoxy) is 1. The van der Waals surface area contributed by atoms with Crippen molar-refractivity contribution in [3.8, 4) is 10.6 Å². The Kier molecular flexibility index (Phi) is 8.15. The molecule has 2 unspecified atom stereocenters. The second-order valence-electron chi connectivity index (χ2n) is 10.8. The van der Waals surface area contributed by atoms with E-state index in [-0.39, 0.29) is 24.5 Å². The van der Waals surface area contributed by atoms with Crippen LogP contribution in [-0.2, 0) is 15.1 Å². The van der Waals surface area contributed by atoms with E-state index < -0.39 is 17.6 Å². The van der Waals surface area contributed by atoms with Gasteiger partial charge in [0.2, 0.25) is 11.9 Å². The number of nitrogens with zero attached hydrogens (tertiary/aromatic N) is 3. The fraction of sp³-hybridized carbons (Fsp3) is 0.448. The molecule has 5 rings (SSSR count). The van der Waals surface area contributed by atoms with Gasteiger partial charge in [-0.25, -0.2) is 9.97 Å². The predicted octanol–water partition coefficient (Wildman–Crippen LogP) is 4.69. The summed E-state index contributed by atoms with van der Waals surface area (Å²) in [5, 5.41) is 16.7. The van der Waals surface area contributed by atoms with Crippen LogP contribution < -0.4 is 10.6 Å². The van der Waals surface area contributed by atoms with Crippen LogP contribution in [0.1, 0.15) is 66.0 Å². The number of aryl methyl sites for hydroxylation is 1. The van der Waals surface area contributed by atoms with Gasteiger partial charge in [0.15, 0.2) is 0 Å². The molecule has 2 atom stereocenters. The molecule has 2 amide bonds. The summed E-state index contributed by atoms with van der Waals surface area (Å²) in [5.41, 5.74) is 2.20. The van der Waals surface area contributed by atoms with Crippen molar-refractivity contribution in [2.45, 2.75) is 64.2 Å². The molecule has 40 heavy (non-hydrogen) atoms. The second kappa shape index (κ2) is 11.4. The lowest BCUT2D eigenvalue weighted by molar-refractivity contribution is -0.127. The van der Waals surface area contributed by atoms with Crippen molar-refractivity contribution >= 4 is 40.7 Å². The zero-order valence-electron chi connectivity index (χ0n) is 23.0. The number of amides is 2. The Hall–Kier alpha value is -3.05. The Morgan fingerprint density at radius 1 is 1.30 bits per heavy atom. The Balaban J connectivity index is 1.36. The number of nitrogens with one attached hydrogen (secondary N) is 2. The zero-order chi connectivity index (χ0) is 28.6. The minimum atomic E-state index is -0.762. The molecule has 0 aliphatic carbocycles. The third kappa shape index (κ3) is 5.45. The number of carbonyl (C=O) groups is 2.